The van der Waals surface area contributed by atoms with Crippen molar-refractivity contribution < 1.29 is 4.74 Å². The second-order valence-electron chi connectivity index (χ2n) is 3.67. The number of nitrogens with zero attached hydrogens (tertiary/aromatic N) is 1. The number of pyridine rings is 1. The molecule has 1 heterocycles. The maximum Gasteiger partial charge on any atom is 0.118 e. The molecule has 0 amide bonds. The van der Waals surface area contributed by atoms with Gasteiger partial charge in [0.25, 0.3) is 0 Å². The van der Waals surface area contributed by atoms with Crippen LogP contribution in [0.3, 0.4) is 0 Å². The minimum absolute atomic E-state index is 0. The first-order chi connectivity index (χ1) is 8.35. The molecule has 0 bridgehead atoms. The summed E-state index contributed by atoms with van der Waals surface area (Å²) in [6.07, 6.45) is 6.89. The second-order valence-corrected chi connectivity index (χ2v) is 3.67. The van der Waals surface area contributed by atoms with Gasteiger partial charge >= 0.3 is 0 Å². The summed E-state index contributed by atoms with van der Waals surface area (Å²) in [5.74, 6) is 2.49. The molecule has 18 heavy (non-hydrogen) atoms. The van der Waals surface area contributed by atoms with Crippen LogP contribution in [0.4, 0.5) is 0 Å². The van der Waals surface area contributed by atoms with Crippen LogP contribution in [0.2, 0.25) is 0 Å². The molecule has 0 radical (unpaired) electrons. The number of halogens is 1. The standard InChI is InChI=1S/C9H9NO.C6H4.ClH/c1-3-9-8(7-11-2)5-4-6-10-9;1-2-5-4-6(5)3-1;/h1,4-6H,7H2,2H3;1-4H;1H. The lowest BCUT2D eigenvalue weighted by molar-refractivity contribution is 0.184. The predicted molar refractivity (Wildman–Crippen MR) is 75.6 cm³/mol. The number of hydrogen-bond donors (Lipinski definition) is 0. The van der Waals surface area contributed by atoms with Crippen molar-refractivity contribution in [2.24, 2.45) is 0 Å². The van der Waals surface area contributed by atoms with Gasteiger partial charge in [-0.25, -0.2) is 4.98 Å². The SMILES string of the molecule is C#Cc1ncccc1COC.Cl.c1cc2cc-2c1. The first-order valence-electron chi connectivity index (χ1n) is 5.35. The lowest BCUT2D eigenvalue weighted by atomic mass is 10.2. The van der Waals surface area contributed by atoms with Gasteiger partial charge in [-0.15, -0.1) is 18.8 Å². The average Bonchev–Trinajstić information content (AvgIpc) is 2.98. The van der Waals surface area contributed by atoms with Crippen LogP contribution in [0.25, 0.3) is 11.1 Å². The fraction of sp³-hybridized carbons (Fsp3) is 0.133. The van der Waals surface area contributed by atoms with Crippen LogP contribution >= 0.6 is 12.4 Å². The van der Waals surface area contributed by atoms with Gasteiger partial charge in [0.1, 0.15) is 5.69 Å². The molecule has 0 spiro atoms. The van der Waals surface area contributed by atoms with Crippen LogP contribution in [0, 0.1) is 12.3 Å². The quantitative estimate of drug-likeness (QED) is 0.659. The van der Waals surface area contributed by atoms with E-state index in [2.05, 4.69) is 35.2 Å². The molecule has 0 saturated carbocycles. The summed E-state index contributed by atoms with van der Waals surface area (Å²) >= 11 is 0. The van der Waals surface area contributed by atoms with Crippen LogP contribution in [-0.4, -0.2) is 12.1 Å². The summed E-state index contributed by atoms with van der Waals surface area (Å²) in [5, 5.41) is 0. The molecule has 0 unspecified atom stereocenters. The third-order valence-corrected chi connectivity index (χ3v) is 2.44. The highest BCUT2D eigenvalue weighted by Crippen LogP contribution is 2.32. The van der Waals surface area contributed by atoms with Gasteiger partial charge in [-0.1, -0.05) is 24.3 Å². The van der Waals surface area contributed by atoms with Gasteiger partial charge < -0.3 is 4.74 Å². The predicted octanol–water partition coefficient (Wildman–Crippen LogP) is 3.30. The molecule has 0 aromatic carbocycles. The minimum atomic E-state index is 0. The Morgan fingerprint density at radius 2 is 1.94 bits per heavy atom. The Kier molecular flexibility index (Phi) is 5.38. The van der Waals surface area contributed by atoms with Gasteiger partial charge in [0.05, 0.1) is 6.61 Å². The van der Waals surface area contributed by atoms with Gasteiger partial charge in [-0.3, -0.25) is 0 Å². The van der Waals surface area contributed by atoms with Crippen molar-refractivity contribution >= 4 is 12.4 Å². The van der Waals surface area contributed by atoms with E-state index in [9.17, 15) is 0 Å². The molecule has 3 rings (SSSR count). The number of fused-ring (bicyclic) bond motifs is 1. The first kappa shape index (κ1) is 14.2. The molecule has 2 aliphatic rings. The summed E-state index contributed by atoms with van der Waals surface area (Å²) < 4.78 is 4.93. The molecule has 0 atom stereocenters. The average molecular weight is 260 g/mol. The topological polar surface area (TPSA) is 22.1 Å². The van der Waals surface area contributed by atoms with Crippen LogP contribution < -0.4 is 0 Å². The highest BCUT2D eigenvalue weighted by Gasteiger charge is 2.06. The normalized spacial score (nSPS) is 9.33. The molecule has 92 valence electrons. The number of rotatable bonds is 2. The van der Waals surface area contributed by atoms with Crippen molar-refractivity contribution in [3.63, 3.8) is 0 Å². The van der Waals surface area contributed by atoms with Gasteiger partial charge in [0, 0.05) is 18.9 Å². The van der Waals surface area contributed by atoms with Gasteiger partial charge in [-0.2, -0.15) is 0 Å². The number of hydrogen-bond acceptors (Lipinski definition) is 2. The molecule has 2 aliphatic carbocycles. The van der Waals surface area contributed by atoms with Crippen molar-refractivity contribution in [3.05, 3.63) is 53.9 Å². The van der Waals surface area contributed by atoms with Crippen molar-refractivity contribution in [3.8, 4) is 23.5 Å². The smallest absolute Gasteiger partial charge is 0.118 e. The minimum Gasteiger partial charge on any atom is -0.380 e. The van der Waals surface area contributed by atoms with E-state index in [1.54, 1.807) is 13.3 Å². The van der Waals surface area contributed by atoms with Crippen LogP contribution in [0.5, 0.6) is 0 Å². The maximum absolute atomic E-state index is 5.21. The zero-order valence-electron chi connectivity index (χ0n) is 10.1. The molecule has 1 aromatic rings. The van der Waals surface area contributed by atoms with Gasteiger partial charge in [0.15, 0.2) is 0 Å². The van der Waals surface area contributed by atoms with Crippen molar-refractivity contribution in [2.75, 3.05) is 7.11 Å². The van der Waals surface area contributed by atoms with E-state index in [1.807, 2.05) is 12.1 Å². The van der Waals surface area contributed by atoms with E-state index in [-0.39, 0.29) is 12.4 Å². The van der Waals surface area contributed by atoms with Gasteiger partial charge in [0.2, 0.25) is 0 Å². The lowest BCUT2D eigenvalue weighted by Gasteiger charge is -2.00. The Balaban J connectivity index is 0.000000194. The van der Waals surface area contributed by atoms with E-state index in [0.717, 1.165) is 5.56 Å². The van der Waals surface area contributed by atoms with E-state index in [0.29, 0.717) is 12.3 Å². The third-order valence-electron chi connectivity index (χ3n) is 2.44. The van der Waals surface area contributed by atoms with Crippen molar-refractivity contribution in [2.45, 2.75) is 6.61 Å². The molecule has 3 heteroatoms. The van der Waals surface area contributed by atoms with E-state index in [1.165, 1.54) is 11.1 Å². The molecular weight excluding hydrogens is 246 g/mol. The molecule has 0 fully saturated rings. The molecular formula is C15H14ClNO. The van der Waals surface area contributed by atoms with E-state index >= 15 is 0 Å². The third kappa shape index (κ3) is 3.59. The Bertz CT molecular complexity index is 543. The second kappa shape index (κ2) is 6.80. The van der Waals surface area contributed by atoms with Crippen molar-refractivity contribution in [1.29, 1.82) is 0 Å². The highest BCUT2D eigenvalue weighted by molar-refractivity contribution is 5.85. The number of methoxy groups -OCH3 is 1. The molecule has 0 aliphatic heterocycles. The Labute approximate surface area is 113 Å². The fourth-order valence-corrected chi connectivity index (χ4v) is 1.52. The first-order valence-corrected chi connectivity index (χ1v) is 5.35. The Morgan fingerprint density at radius 3 is 2.39 bits per heavy atom. The molecule has 1 aromatic heterocycles. The lowest BCUT2D eigenvalue weighted by Crippen LogP contribution is -1.93. The largest absolute Gasteiger partial charge is 0.380 e. The zero-order chi connectivity index (χ0) is 12.1. The summed E-state index contributed by atoms with van der Waals surface area (Å²) in [4.78, 5) is 4.00. The van der Waals surface area contributed by atoms with Crippen molar-refractivity contribution in [1.82, 2.24) is 4.98 Å². The van der Waals surface area contributed by atoms with E-state index < -0.39 is 0 Å². The summed E-state index contributed by atoms with van der Waals surface area (Å²) in [5.41, 5.74) is 4.47. The van der Waals surface area contributed by atoms with Crippen LogP contribution in [0.1, 0.15) is 11.3 Å². The summed E-state index contributed by atoms with van der Waals surface area (Å²) in [6.45, 7) is 0.521. The zero-order valence-corrected chi connectivity index (χ0v) is 10.9. The highest BCUT2D eigenvalue weighted by atomic mass is 35.5. The number of benzene rings is 1. The molecule has 0 N–H and O–H groups in total. The van der Waals surface area contributed by atoms with E-state index in [4.69, 9.17) is 11.2 Å². The summed E-state index contributed by atoms with van der Waals surface area (Å²) in [6, 6.07) is 12.2. The van der Waals surface area contributed by atoms with Gasteiger partial charge in [-0.05, 0) is 29.2 Å². The fourth-order valence-electron chi connectivity index (χ4n) is 1.52. The van der Waals surface area contributed by atoms with Crippen LogP contribution in [0.15, 0.2) is 42.6 Å². The number of ether oxygens (including phenoxy) is 1. The summed E-state index contributed by atoms with van der Waals surface area (Å²) in [7, 11) is 1.63. The Hall–Kier alpha value is -1.82. The monoisotopic (exact) mass is 259 g/mol. The van der Waals surface area contributed by atoms with Crippen LogP contribution in [-0.2, 0) is 11.3 Å². The number of aromatic nitrogens is 1. The number of terminal acetylenes is 1. The molecule has 0 saturated heterocycles. The Morgan fingerprint density at radius 1 is 1.22 bits per heavy atom. The maximum atomic E-state index is 5.21. The molecule has 2 nitrogen and oxygen atoms in total.